The summed E-state index contributed by atoms with van der Waals surface area (Å²) in [7, 11) is 0. The molecule has 0 aliphatic rings. The molecule has 0 unspecified atom stereocenters. The summed E-state index contributed by atoms with van der Waals surface area (Å²) >= 11 is 5.77. The van der Waals surface area contributed by atoms with Gasteiger partial charge in [-0.05, 0) is 32.0 Å². The third-order valence-electron chi connectivity index (χ3n) is 1.84. The summed E-state index contributed by atoms with van der Waals surface area (Å²) in [5, 5.41) is 0.474. The van der Waals surface area contributed by atoms with E-state index in [4.69, 9.17) is 16.3 Å². The molecule has 2 rings (SSSR count). The standard InChI is InChI=1S/C11H11ClN2O/c1-7(2)15-11-6-4-8-9(14-11)3-5-10(12)13-8/h3-7H,1-2H3. The largest absolute Gasteiger partial charge is 0.475 e. The van der Waals surface area contributed by atoms with Gasteiger partial charge in [-0.1, -0.05) is 11.6 Å². The van der Waals surface area contributed by atoms with E-state index >= 15 is 0 Å². The molecule has 2 aromatic rings. The number of aromatic nitrogens is 2. The van der Waals surface area contributed by atoms with Crippen LogP contribution >= 0.6 is 11.6 Å². The van der Waals surface area contributed by atoms with Gasteiger partial charge in [0.1, 0.15) is 5.15 Å². The van der Waals surface area contributed by atoms with Crippen molar-refractivity contribution < 1.29 is 4.74 Å². The Morgan fingerprint density at radius 3 is 2.47 bits per heavy atom. The molecular weight excluding hydrogens is 212 g/mol. The molecule has 4 heteroatoms. The molecule has 0 amide bonds. The lowest BCUT2D eigenvalue weighted by Crippen LogP contribution is -2.06. The molecule has 2 heterocycles. The van der Waals surface area contributed by atoms with Crippen LogP contribution in [0, 0.1) is 0 Å². The van der Waals surface area contributed by atoms with Crippen molar-refractivity contribution in [3.05, 3.63) is 29.4 Å². The highest BCUT2D eigenvalue weighted by Crippen LogP contribution is 2.17. The lowest BCUT2D eigenvalue weighted by Gasteiger charge is -2.08. The second kappa shape index (κ2) is 4.03. The van der Waals surface area contributed by atoms with Gasteiger partial charge >= 0.3 is 0 Å². The Bertz CT molecular complexity index is 485. The number of hydrogen-bond acceptors (Lipinski definition) is 3. The van der Waals surface area contributed by atoms with Crippen molar-refractivity contribution in [3.8, 4) is 5.88 Å². The summed E-state index contributed by atoms with van der Waals surface area (Å²) in [6.45, 7) is 3.93. The normalized spacial score (nSPS) is 10.9. The van der Waals surface area contributed by atoms with Crippen molar-refractivity contribution in [2.75, 3.05) is 0 Å². The average Bonchev–Trinajstić information content (AvgIpc) is 2.17. The smallest absolute Gasteiger partial charge is 0.214 e. The Labute approximate surface area is 93.1 Å². The van der Waals surface area contributed by atoms with Crippen LogP contribution in [0.5, 0.6) is 5.88 Å². The first kappa shape index (κ1) is 10.2. The minimum atomic E-state index is 0.121. The first-order chi connectivity index (χ1) is 7.15. The van der Waals surface area contributed by atoms with Gasteiger partial charge in [0.05, 0.1) is 17.1 Å². The van der Waals surface area contributed by atoms with E-state index in [0.29, 0.717) is 11.0 Å². The van der Waals surface area contributed by atoms with E-state index in [-0.39, 0.29) is 6.10 Å². The van der Waals surface area contributed by atoms with Crippen molar-refractivity contribution in [1.29, 1.82) is 0 Å². The number of halogens is 1. The fourth-order valence-electron chi connectivity index (χ4n) is 1.27. The van der Waals surface area contributed by atoms with Crippen LogP contribution in [-0.4, -0.2) is 16.1 Å². The van der Waals surface area contributed by atoms with Gasteiger partial charge < -0.3 is 4.74 Å². The lowest BCUT2D eigenvalue weighted by atomic mass is 10.3. The predicted molar refractivity (Wildman–Crippen MR) is 60.3 cm³/mol. The van der Waals surface area contributed by atoms with E-state index in [2.05, 4.69) is 9.97 Å². The van der Waals surface area contributed by atoms with E-state index in [1.54, 1.807) is 12.1 Å². The van der Waals surface area contributed by atoms with E-state index in [1.807, 2.05) is 26.0 Å². The molecule has 15 heavy (non-hydrogen) atoms. The summed E-state index contributed by atoms with van der Waals surface area (Å²) in [5.41, 5.74) is 1.57. The molecule has 0 saturated carbocycles. The first-order valence-electron chi connectivity index (χ1n) is 4.75. The number of pyridine rings is 2. The fraction of sp³-hybridized carbons (Fsp3) is 0.273. The highest BCUT2D eigenvalue weighted by molar-refractivity contribution is 6.29. The van der Waals surface area contributed by atoms with E-state index < -0.39 is 0 Å². The minimum Gasteiger partial charge on any atom is -0.475 e. The van der Waals surface area contributed by atoms with Gasteiger partial charge in [0, 0.05) is 6.07 Å². The second-order valence-corrected chi connectivity index (χ2v) is 3.88. The molecule has 3 nitrogen and oxygen atoms in total. The summed E-state index contributed by atoms with van der Waals surface area (Å²) in [6, 6.07) is 7.20. The van der Waals surface area contributed by atoms with Crippen molar-refractivity contribution in [3.63, 3.8) is 0 Å². The maximum atomic E-state index is 5.77. The third kappa shape index (κ3) is 2.36. The zero-order valence-electron chi connectivity index (χ0n) is 8.57. The molecule has 0 radical (unpaired) electrons. The Hall–Kier alpha value is -1.35. The lowest BCUT2D eigenvalue weighted by molar-refractivity contribution is 0.233. The number of fused-ring (bicyclic) bond motifs is 1. The first-order valence-corrected chi connectivity index (χ1v) is 5.13. The summed E-state index contributed by atoms with van der Waals surface area (Å²) < 4.78 is 5.48. The van der Waals surface area contributed by atoms with Crippen molar-refractivity contribution >= 4 is 22.6 Å². The Morgan fingerprint density at radius 2 is 1.73 bits per heavy atom. The molecule has 0 aliphatic carbocycles. The van der Waals surface area contributed by atoms with E-state index in [9.17, 15) is 0 Å². The molecular formula is C11H11ClN2O. The van der Waals surface area contributed by atoms with Crippen LogP contribution in [0.4, 0.5) is 0 Å². The topological polar surface area (TPSA) is 35.0 Å². The Kier molecular flexibility index (Phi) is 2.73. The Balaban J connectivity index is 2.43. The zero-order valence-corrected chi connectivity index (χ0v) is 9.32. The molecule has 0 aromatic carbocycles. The van der Waals surface area contributed by atoms with Crippen LogP contribution in [0.25, 0.3) is 11.0 Å². The van der Waals surface area contributed by atoms with Crippen LogP contribution in [-0.2, 0) is 0 Å². The van der Waals surface area contributed by atoms with Crippen LogP contribution < -0.4 is 4.74 Å². The van der Waals surface area contributed by atoms with Crippen molar-refractivity contribution in [2.45, 2.75) is 20.0 Å². The predicted octanol–water partition coefficient (Wildman–Crippen LogP) is 3.07. The highest BCUT2D eigenvalue weighted by atomic mass is 35.5. The molecule has 0 atom stereocenters. The number of nitrogens with zero attached hydrogens (tertiary/aromatic N) is 2. The van der Waals surface area contributed by atoms with Crippen molar-refractivity contribution in [2.24, 2.45) is 0 Å². The van der Waals surface area contributed by atoms with Gasteiger partial charge in [-0.3, -0.25) is 0 Å². The van der Waals surface area contributed by atoms with Crippen LogP contribution in [0.2, 0.25) is 5.15 Å². The Morgan fingerprint density at radius 1 is 1.07 bits per heavy atom. The van der Waals surface area contributed by atoms with Crippen molar-refractivity contribution in [1.82, 2.24) is 9.97 Å². The van der Waals surface area contributed by atoms with Crippen LogP contribution in [0.15, 0.2) is 24.3 Å². The van der Waals surface area contributed by atoms with Gasteiger partial charge in [0.15, 0.2) is 0 Å². The summed E-state index contributed by atoms with van der Waals surface area (Å²) in [6.07, 6.45) is 0.121. The number of hydrogen-bond donors (Lipinski definition) is 0. The maximum Gasteiger partial charge on any atom is 0.214 e. The van der Waals surface area contributed by atoms with E-state index in [1.165, 1.54) is 0 Å². The van der Waals surface area contributed by atoms with Gasteiger partial charge in [-0.15, -0.1) is 0 Å². The SMILES string of the molecule is CC(C)Oc1ccc2nc(Cl)ccc2n1. The summed E-state index contributed by atoms with van der Waals surface area (Å²) in [5.74, 6) is 0.613. The molecule has 78 valence electrons. The van der Waals surface area contributed by atoms with Gasteiger partial charge in [-0.2, -0.15) is 0 Å². The average molecular weight is 223 g/mol. The molecule has 0 saturated heterocycles. The quantitative estimate of drug-likeness (QED) is 0.733. The van der Waals surface area contributed by atoms with Gasteiger partial charge in [0.2, 0.25) is 5.88 Å². The number of rotatable bonds is 2. The minimum absolute atomic E-state index is 0.121. The molecule has 0 bridgehead atoms. The van der Waals surface area contributed by atoms with Gasteiger partial charge in [0.25, 0.3) is 0 Å². The van der Waals surface area contributed by atoms with Crippen LogP contribution in [0.3, 0.4) is 0 Å². The molecule has 0 spiro atoms. The fourth-order valence-corrected chi connectivity index (χ4v) is 1.43. The molecule has 0 fully saturated rings. The number of ether oxygens (including phenoxy) is 1. The molecule has 0 aliphatic heterocycles. The van der Waals surface area contributed by atoms with Crippen LogP contribution in [0.1, 0.15) is 13.8 Å². The third-order valence-corrected chi connectivity index (χ3v) is 2.05. The monoisotopic (exact) mass is 222 g/mol. The highest BCUT2D eigenvalue weighted by Gasteiger charge is 2.02. The zero-order chi connectivity index (χ0) is 10.8. The summed E-state index contributed by atoms with van der Waals surface area (Å²) in [4.78, 5) is 8.46. The van der Waals surface area contributed by atoms with Gasteiger partial charge in [-0.25, -0.2) is 9.97 Å². The van der Waals surface area contributed by atoms with E-state index in [0.717, 1.165) is 11.0 Å². The molecule has 0 N–H and O–H groups in total. The second-order valence-electron chi connectivity index (χ2n) is 3.49. The maximum absolute atomic E-state index is 5.77. The molecule has 2 aromatic heterocycles.